The molecule has 5 nitrogen and oxygen atoms in total. The van der Waals surface area contributed by atoms with Gasteiger partial charge in [-0.2, -0.15) is 4.98 Å². The molecule has 1 aromatic carbocycles. The van der Waals surface area contributed by atoms with E-state index in [1.165, 1.54) is 5.56 Å². The van der Waals surface area contributed by atoms with Gasteiger partial charge in [-0.15, -0.1) is 0 Å². The van der Waals surface area contributed by atoms with Gasteiger partial charge in [0, 0.05) is 32.9 Å². The van der Waals surface area contributed by atoms with Crippen LogP contribution in [0.2, 0.25) is 0 Å². The lowest BCUT2D eigenvalue weighted by molar-refractivity contribution is 0.887. The predicted octanol–water partition coefficient (Wildman–Crippen LogP) is 1.48. The fraction of sp³-hybridized carbons (Fsp3) is 0.286. The molecule has 19 heavy (non-hydrogen) atoms. The molecule has 0 amide bonds. The Kier molecular flexibility index (Phi) is 4.69. The molecule has 0 radical (unpaired) electrons. The van der Waals surface area contributed by atoms with Crippen molar-refractivity contribution in [3.05, 3.63) is 48.2 Å². The highest BCUT2D eigenvalue weighted by atomic mass is 15.2. The van der Waals surface area contributed by atoms with Crippen LogP contribution < -0.4 is 16.0 Å². The fourth-order valence-electron chi connectivity index (χ4n) is 1.77. The maximum absolute atomic E-state index is 5.45. The molecule has 2 aromatic rings. The summed E-state index contributed by atoms with van der Waals surface area (Å²) in [7, 11) is 2.02. The molecule has 0 aliphatic rings. The van der Waals surface area contributed by atoms with Crippen molar-refractivity contribution >= 4 is 11.8 Å². The number of benzene rings is 1. The van der Waals surface area contributed by atoms with Crippen LogP contribution in [0.1, 0.15) is 5.56 Å². The average Bonchev–Trinajstić information content (AvgIpc) is 2.46. The normalized spacial score (nSPS) is 10.2. The number of nitrogens with two attached hydrogens (primary N) is 1. The van der Waals surface area contributed by atoms with Crippen LogP contribution >= 0.6 is 0 Å². The third kappa shape index (κ3) is 3.93. The summed E-state index contributed by atoms with van der Waals surface area (Å²) in [5.41, 5.74) is 6.70. The minimum Gasteiger partial charge on any atom is -0.355 e. The van der Waals surface area contributed by atoms with Gasteiger partial charge in [-0.3, -0.25) is 0 Å². The van der Waals surface area contributed by atoms with Gasteiger partial charge in [0.2, 0.25) is 5.95 Å². The van der Waals surface area contributed by atoms with Crippen LogP contribution in [0.25, 0.3) is 0 Å². The van der Waals surface area contributed by atoms with E-state index in [0.29, 0.717) is 19.0 Å². The average molecular weight is 257 g/mol. The fourth-order valence-corrected chi connectivity index (χ4v) is 1.77. The third-order valence-corrected chi connectivity index (χ3v) is 2.72. The van der Waals surface area contributed by atoms with Gasteiger partial charge in [-0.25, -0.2) is 4.98 Å². The number of hydrogen-bond donors (Lipinski definition) is 2. The smallest absolute Gasteiger partial charge is 0.224 e. The van der Waals surface area contributed by atoms with Gasteiger partial charge >= 0.3 is 0 Å². The predicted molar refractivity (Wildman–Crippen MR) is 78.1 cm³/mol. The molecule has 1 heterocycles. The molecule has 0 saturated heterocycles. The largest absolute Gasteiger partial charge is 0.355 e. The third-order valence-electron chi connectivity index (χ3n) is 2.72. The molecule has 5 heteroatoms. The summed E-state index contributed by atoms with van der Waals surface area (Å²) in [5, 5.41) is 3.08. The van der Waals surface area contributed by atoms with Crippen LogP contribution in [0, 0.1) is 0 Å². The lowest BCUT2D eigenvalue weighted by atomic mass is 10.2. The first kappa shape index (κ1) is 13.3. The molecule has 0 unspecified atom stereocenters. The Labute approximate surface area is 113 Å². The van der Waals surface area contributed by atoms with E-state index in [4.69, 9.17) is 5.73 Å². The molecule has 1 aromatic heterocycles. The second kappa shape index (κ2) is 6.70. The lowest BCUT2D eigenvalue weighted by Gasteiger charge is -2.18. The Balaban J connectivity index is 2.04. The second-order valence-corrected chi connectivity index (χ2v) is 4.30. The minimum atomic E-state index is 0.563. The van der Waals surface area contributed by atoms with Gasteiger partial charge in [-0.05, 0) is 11.6 Å². The Morgan fingerprint density at radius 1 is 1.21 bits per heavy atom. The SMILES string of the molecule is CN(Cc1ccccc1)c1ccnc(NCCN)n1. The maximum Gasteiger partial charge on any atom is 0.224 e. The van der Waals surface area contributed by atoms with Crippen LogP contribution in [-0.4, -0.2) is 30.1 Å². The summed E-state index contributed by atoms with van der Waals surface area (Å²) in [6.45, 7) is 2.05. The molecule has 0 spiro atoms. The standard InChI is InChI=1S/C14H19N5/c1-19(11-12-5-3-2-4-6-12)13-7-9-16-14(18-13)17-10-8-15/h2-7,9H,8,10-11,15H2,1H3,(H,16,17,18). The summed E-state index contributed by atoms with van der Waals surface area (Å²) in [5.74, 6) is 1.50. The summed E-state index contributed by atoms with van der Waals surface area (Å²) in [6.07, 6.45) is 1.75. The number of rotatable bonds is 6. The molecule has 0 atom stereocenters. The van der Waals surface area contributed by atoms with Crippen molar-refractivity contribution in [2.75, 3.05) is 30.4 Å². The summed E-state index contributed by atoms with van der Waals surface area (Å²) in [6, 6.07) is 12.2. The van der Waals surface area contributed by atoms with E-state index in [2.05, 4.69) is 32.3 Å². The van der Waals surface area contributed by atoms with Crippen LogP contribution in [0.4, 0.5) is 11.8 Å². The molecular formula is C14H19N5. The van der Waals surface area contributed by atoms with Crippen molar-refractivity contribution in [1.29, 1.82) is 0 Å². The van der Waals surface area contributed by atoms with Crippen molar-refractivity contribution in [3.63, 3.8) is 0 Å². The first-order valence-corrected chi connectivity index (χ1v) is 6.31. The minimum absolute atomic E-state index is 0.563. The van der Waals surface area contributed by atoms with E-state index >= 15 is 0 Å². The Hall–Kier alpha value is -2.14. The Morgan fingerprint density at radius 2 is 2.00 bits per heavy atom. The van der Waals surface area contributed by atoms with E-state index in [9.17, 15) is 0 Å². The molecule has 2 rings (SSSR count). The zero-order valence-electron chi connectivity index (χ0n) is 11.1. The lowest BCUT2D eigenvalue weighted by Crippen LogP contribution is -2.19. The van der Waals surface area contributed by atoms with Gasteiger partial charge in [-0.1, -0.05) is 30.3 Å². The van der Waals surface area contributed by atoms with Crippen LogP contribution in [0.15, 0.2) is 42.6 Å². The van der Waals surface area contributed by atoms with Crippen molar-refractivity contribution in [2.45, 2.75) is 6.54 Å². The first-order valence-electron chi connectivity index (χ1n) is 6.31. The monoisotopic (exact) mass is 257 g/mol. The number of aromatic nitrogens is 2. The van der Waals surface area contributed by atoms with Crippen molar-refractivity contribution in [3.8, 4) is 0 Å². The highest BCUT2D eigenvalue weighted by Crippen LogP contribution is 2.13. The number of nitrogens with zero attached hydrogens (tertiary/aromatic N) is 3. The zero-order valence-corrected chi connectivity index (χ0v) is 11.1. The van der Waals surface area contributed by atoms with E-state index in [1.807, 2.05) is 31.3 Å². The van der Waals surface area contributed by atoms with E-state index in [-0.39, 0.29) is 0 Å². The van der Waals surface area contributed by atoms with Crippen molar-refractivity contribution < 1.29 is 0 Å². The molecule has 0 aliphatic heterocycles. The number of nitrogens with one attached hydrogen (secondary N) is 1. The Morgan fingerprint density at radius 3 is 2.74 bits per heavy atom. The van der Waals surface area contributed by atoms with Gasteiger partial charge < -0.3 is 16.0 Å². The second-order valence-electron chi connectivity index (χ2n) is 4.30. The van der Waals surface area contributed by atoms with Crippen molar-refractivity contribution in [2.24, 2.45) is 5.73 Å². The van der Waals surface area contributed by atoms with E-state index in [1.54, 1.807) is 6.20 Å². The molecule has 0 saturated carbocycles. The Bertz CT molecular complexity index is 500. The molecular weight excluding hydrogens is 238 g/mol. The quantitative estimate of drug-likeness (QED) is 0.820. The number of anilines is 2. The topological polar surface area (TPSA) is 67.1 Å². The first-order chi connectivity index (χ1) is 9.29. The van der Waals surface area contributed by atoms with Crippen molar-refractivity contribution in [1.82, 2.24) is 9.97 Å². The highest BCUT2D eigenvalue weighted by molar-refractivity contribution is 5.42. The molecule has 0 fully saturated rings. The van der Waals surface area contributed by atoms with E-state index in [0.717, 1.165) is 12.4 Å². The molecule has 100 valence electrons. The summed E-state index contributed by atoms with van der Waals surface area (Å²) >= 11 is 0. The summed E-state index contributed by atoms with van der Waals surface area (Å²) in [4.78, 5) is 10.7. The summed E-state index contributed by atoms with van der Waals surface area (Å²) < 4.78 is 0. The number of hydrogen-bond acceptors (Lipinski definition) is 5. The van der Waals surface area contributed by atoms with Gasteiger partial charge in [0.05, 0.1) is 0 Å². The van der Waals surface area contributed by atoms with Crippen LogP contribution in [0.3, 0.4) is 0 Å². The highest BCUT2D eigenvalue weighted by Gasteiger charge is 2.05. The molecule has 3 N–H and O–H groups in total. The van der Waals surface area contributed by atoms with Crippen LogP contribution in [0.5, 0.6) is 0 Å². The molecule has 0 bridgehead atoms. The van der Waals surface area contributed by atoms with E-state index < -0.39 is 0 Å². The van der Waals surface area contributed by atoms with Crippen LogP contribution in [-0.2, 0) is 6.54 Å². The van der Waals surface area contributed by atoms with Gasteiger partial charge in [0.1, 0.15) is 5.82 Å². The van der Waals surface area contributed by atoms with Gasteiger partial charge in [0.15, 0.2) is 0 Å². The molecule has 0 aliphatic carbocycles. The van der Waals surface area contributed by atoms with Gasteiger partial charge in [0.25, 0.3) is 0 Å². The maximum atomic E-state index is 5.45. The zero-order chi connectivity index (χ0) is 13.5.